The quantitative estimate of drug-likeness (QED) is 0.493. The number of fused-ring (bicyclic) bond motifs is 5. The Morgan fingerprint density at radius 2 is 2.07 bits per heavy atom. The molecule has 1 unspecified atom stereocenters. The van der Waals surface area contributed by atoms with Gasteiger partial charge in [0.1, 0.15) is 16.9 Å². The molecule has 4 heterocycles. The van der Waals surface area contributed by atoms with Crippen LogP contribution in [-0.2, 0) is 26.1 Å². The van der Waals surface area contributed by atoms with E-state index < -0.39 is 11.9 Å². The van der Waals surface area contributed by atoms with Gasteiger partial charge < -0.3 is 0 Å². The normalized spacial score (nSPS) is 17.7. The van der Waals surface area contributed by atoms with Gasteiger partial charge in [-0.25, -0.2) is 14.5 Å². The van der Waals surface area contributed by atoms with Gasteiger partial charge in [0.25, 0.3) is 0 Å². The van der Waals surface area contributed by atoms with E-state index >= 15 is 0 Å². The average molecular weight is 392 g/mol. The molecule has 0 spiro atoms. The number of halogens is 3. The molecule has 1 aliphatic carbocycles. The van der Waals surface area contributed by atoms with Crippen molar-refractivity contribution >= 4 is 27.2 Å². The lowest BCUT2D eigenvalue weighted by Crippen LogP contribution is -2.08. The van der Waals surface area contributed by atoms with Crippen LogP contribution in [0.5, 0.6) is 0 Å². The Balaban J connectivity index is 1.70. The zero-order valence-electron chi connectivity index (χ0n) is 14.6. The van der Waals surface area contributed by atoms with E-state index in [0.29, 0.717) is 11.6 Å². The van der Waals surface area contributed by atoms with Crippen molar-refractivity contribution in [2.45, 2.75) is 32.4 Å². The average Bonchev–Trinajstić information content (AvgIpc) is 3.26. The van der Waals surface area contributed by atoms with Crippen LogP contribution in [0.2, 0.25) is 0 Å². The lowest BCUT2D eigenvalue weighted by molar-refractivity contribution is -0.141. The summed E-state index contributed by atoms with van der Waals surface area (Å²) in [5, 5.41) is 8.87. The van der Waals surface area contributed by atoms with E-state index in [2.05, 4.69) is 27.1 Å². The highest BCUT2D eigenvalue weighted by Gasteiger charge is 2.35. The monoisotopic (exact) mass is 392 g/mol. The first kappa shape index (κ1) is 16.7. The molecule has 0 aromatic carbocycles. The number of thiophene rings is 1. The number of alkyl halides is 3. The second-order valence-electron chi connectivity index (χ2n) is 7.02. The van der Waals surface area contributed by atoms with Crippen LogP contribution in [0.25, 0.3) is 27.4 Å². The van der Waals surface area contributed by atoms with Crippen LogP contribution in [0.3, 0.4) is 0 Å². The van der Waals surface area contributed by atoms with Crippen LogP contribution in [-0.4, -0.2) is 29.4 Å². The van der Waals surface area contributed by atoms with Gasteiger partial charge in [-0.05, 0) is 36.8 Å². The fourth-order valence-corrected chi connectivity index (χ4v) is 5.01. The molecule has 0 saturated heterocycles. The predicted octanol–water partition coefficient (Wildman–Crippen LogP) is 3.88. The topological polar surface area (TPSA) is 60.9 Å². The molecule has 0 N–H and O–H groups in total. The third-order valence-electron chi connectivity index (χ3n) is 5.03. The molecule has 0 bridgehead atoms. The molecule has 1 aliphatic rings. The van der Waals surface area contributed by atoms with Crippen LogP contribution < -0.4 is 0 Å². The highest BCUT2D eigenvalue weighted by molar-refractivity contribution is 7.19. The molecule has 5 rings (SSSR count). The van der Waals surface area contributed by atoms with Crippen LogP contribution in [0, 0.1) is 5.92 Å². The molecule has 4 aromatic rings. The maximum Gasteiger partial charge on any atom is 0.435 e. The molecule has 1 atom stereocenters. The van der Waals surface area contributed by atoms with E-state index in [9.17, 15) is 13.2 Å². The fourth-order valence-electron chi connectivity index (χ4n) is 3.66. The van der Waals surface area contributed by atoms with Crippen molar-refractivity contribution in [1.82, 2.24) is 29.4 Å². The third-order valence-corrected chi connectivity index (χ3v) is 6.19. The highest BCUT2D eigenvalue weighted by atomic mass is 32.1. The lowest BCUT2D eigenvalue weighted by atomic mass is 9.89. The van der Waals surface area contributed by atoms with Crippen molar-refractivity contribution in [3.8, 4) is 11.5 Å². The first-order chi connectivity index (χ1) is 12.8. The minimum absolute atomic E-state index is 0.207. The summed E-state index contributed by atoms with van der Waals surface area (Å²) in [6, 6.07) is 0.976. The standard InChI is InChI=1S/C17H15F3N6S/c1-8-3-4-9-11(5-8)27-16-13(9)15-22-14(24-26(15)7-21-16)10-6-12(17(18,19)20)23-25(10)2/h6-8H,3-5H2,1-2H3. The van der Waals surface area contributed by atoms with Gasteiger partial charge in [0.2, 0.25) is 0 Å². The second kappa shape index (κ2) is 5.51. The maximum atomic E-state index is 13.0. The summed E-state index contributed by atoms with van der Waals surface area (Å²) in [4.78, 5) is 11.3. The summed E-state index contributed by atoms with van der Waals surface area (Å²) < 4.78 is 41.6. The molecule has 0 radical (unpaired) electrons. The fraction of sp³-hybridized carbons (Fsp3) is 0.412. The van der Waals surface area contributed by atoms with Gasteiger partial charge in [-0.1, -0.05) is 6.92 Å². The van der Waals surface area contributed by atoms with Gasteiger partial charge in [-0.2, -0.15) is 18.3 Å². The molecule has 6 nitrogen and oxygen atoms in total. The van der Waals surface area contributed by atoms with Crippen LogP contribution in [0.4, 0.5) is 13.2 Å². The van der Waals surface area contributed by atoms with E-state index in [0.717, 1.165) is 40.2 Å². The van der Waals surface area contributed by atoms with Gasteiger partial charge in [-0.3, -0.25) is 4.68 Å². The van der Waals surface area contributed by atoms with Gasteiger partial charge in [0, 0.05) is 11.9 Å². The van der Waals surface area contributed by atoms with Crippen molar-refractivity contribution in [3.05, 3.63) is 28.5 Å². The van der Waals surface area contributed by atoms with Crippen LogP contribution in [0.1, 0.15) is 29.5 Å². The molecule has 27 heavy (non-hydrogen) atoms. The van der Waals surface area contributed by atoms with Gasteiger partial charge in [0.05, 0.1) is 5.39 Å². The molecule has 0 amide bonds. The Morgan fingerprint density at radius 1 is 1.26 bits per heavy atom. The van der Waals surface area contributed by atoms with E-state index in [1.165, 1.54) is 17.5 Å². The largest absolute Gasteiger partial charge is 0.435 e. The van der Waals surface area contributed by atoms with E-state index in [1.807, 2.05) is 0 Å². The van der Waals surface area contributed by atoms with E-state index in [-0.39, 0.29) is 11.5 Å². The summed E-state index contributed by atoms with van der Waals surface area (Å²) in [5.41, 5.74) is 1.16. The van der Waals surface area contributed by atoms with Crippen molar-refractivity contribution in [1.29, 1.82) is 0 Å². The van der Waals surface area contributed by atoms with Gasteiger partial charge in [0.15, 0.2) is 17.2 Å². The number of rotatable bonds is 1. The maximum absolute atomic E-state index is 13.0. The first-order valence-corrected chi connectivity index (χ1v) is 9.40. The zero-order valence-corrected chi connectivity index (χ0v) is 15.4. The Hall–Kier alpha value is -2.49. The zero-order chi connectivity index (χ0) is 18.9. The molecule has 140 valence electrons. The Morgan fingerprint density at radius 3 is 2.81 bits per heavy atom. The SMILES string of the molecule is CC1CCc2c(sc3ncn4nc(-c5cc(C(F)(F)F)nn5C)nc4c23)C1. The molecule has 0 fully saturated rings. The first-order valence-electron chi connectivity index (χ1n) is 8.58. The Bertz CT molecular complexity index is 1190. The summed E-state index contributed by atoms with van der Waals surface area (Å²) >= 11 is 1.68. The van der Waals surface area contributed by atoms with E-state index in [1.54, 1.807) is 22.2 Å². The molecule has 0 saturated carbocycles. The number of nitrogens with zero attached hydrogens (tertiary/aromatic N) is 6. The predicted molar refractivity (Wildman–Crippen MR) is 94.6 cm³/mol. The molecule has 0 aliphatic heterocycles. The number of aryl methyl sites for hydroxylation is 2. The molecular formula is C17H15F3N6S. The highest BCUT2D eigenvalue weighted by Crippen LogP contribution is 2.39. The van der Waals surface area contributed by atoms with Gasteiger partial charge in [-0.15, -0.1) is 16.4 Å². The minimum Gasteiger partial charge on any atom is -0.264 e. The summed E-state index contributed by atoms with van der Waals surface area (Å²) in [5.74, 6) is 0.851. The molecule has 10 heteroatoms. The van der Waals surface area contributed by atoms with Crippen LogP contribution in [0.15, 0.2) is 12.4 Å². The minimum atomic E-state index is -4.51. The Kier molecular flexibility index (Phi) is 3.40. The van der Waals surface area contributed by atoms with Crippen molar-refractivity contribution in [2.24, 2.45) is 13.0 Å². The number of aromatic nitrogens is 6. The summed E-state index contributed by atoms with van der Waals surface area (Å²) in [7, 11) is 1.46. The smallest absolute Gasteiger partial charge is 0.264 e. The number of hydrogen-bond donors (Lipinski definition) is 0. The third kappa shape index (κ3) is 2.53. The Labute approximate surface area is 155 Å². The van der Waals surface area contributed by atoms with E-state index in [4.69, 9.17) is 0 Å². The number of hydrogen-bond acceptors (Lipinski definition) is 5. The second-order valence-corrected chi connectivity index (χ2v) is 8.10. The van der Waals surface area contributed by atoms with Crippen molar-refractivity contribution < 1.29 is 13.2 Å². The summed E-state index contributed by atoms with van der Waals surface area (Å²) in [6.45, 7) is 2.24. The van der Waals surface area contributed by atoms with Crippen molar-refractivity contribution in [3.63, 3.8) is 0 Å². The summed E-state index contributed by atoms with van der Waals surface area (Å²) in [6.07, 6.45) is 0.162. The van der Waals surface area contributed by atoms with Gasteiger partial charge >= 0.3 is 6.18 Å². The molecule has 4 aromatic heterocycles. The lowest BCUT2D eigenvalue weighted by Gasteiger charge is -2.17. The van der Waals surface area contributed by atoms with Crippen molar-refractivity contribution in [2.75, 3.05) is 0 Å². The van der Waals surface area contributed by atoms with Crippen LogP contribution >= 0.6 is 11.3 Å². The molecular weight excluding hydrogens is 377 g/mol.